The zero-order valence-corrected chi connectivity index (χ0v) is 35.5. The molecule has 0 saturated heterocycles. The smallest absolute Gasteiger partial charge is 0.226 e. The number of Topliss-reactive ketones (excluding diaryl/α,β-unsaturated/α-hetero) is 5. The number of rotatable bonds is 15. The molecule has 0 saturated carbocycles. The van der Waals surface area contributed by atoms with Gasteiger partial charge in [-0.2, -0.15) is 0 Å². The van der Waals surface area contributed by atoms with Gasteiger partial charge in [0.1, 0.15) is 17.5 Å². The highest BCUT2D eigenvalue weighted by Gasteiger charge is 2.36. The van der Waals surface area contributed by atoms with Gasteiger partial charge in [0, 0.05) is 72.7 Å². The first-order valence-electron chi connectivity index (χ1n) is 20.4. The molecule has 0 spiro atoms. The largest absolute Gasteiger partial charge is 0.507 e. The topological polar surface area (TPSA) is 201 Å². The fourth-order valence-electron chi connectivity index (χ4n) is 7.77. The van der Waals surface area contributed by atoms with Gasteiger partial charge in [0.15, 0.2) is 23.1 Å². The quantitative estimate of drug-likeness (QED) is 0.0549. The molecular weight excluding hydrogens is 798 g/mol. The van der Waals surface area contributed by atoms with Crippen molar-refractivity contribution < 1.29 is 43.8 Å². The van der Waals surface area contributed by atoms with Crippen LogP contribution in [0.5, 0.6) is 11.5 Å². The highest BCUT2D eigenvalue weighted by Crippen LogP contribution is 2.40. The van der Waals surface area contributed by atoms with Crippen molar-refractivity contribution in [1.82, 2.24) is 10.2 Å². The molecule has 61 heavy (non-hydrogen) atoms. The molecule has 1 heterocycles. The molecule has 0 unspecified atom stereocenters. The van der Waals surface area contributed by atoms with Gasteiger partial charge in [0.2, 0.25) is 17.6 Å². The van der Waals surface area contributed by atoms with E-state index in [1.807, 2.05) is 24.3 Å². The molecule has 320 valence electrons. The number of hydrogen-bond donors (Lipinski definition) is 4. The van der Waals surface area contributed by atoms with Gasteiger partial charge in [0.25, 0.3) is 0 Å². The Hall–Kier alpha value is -5.98. The van der Waals surface area contributed by atoms with E-state index in [-0.39, 0.29) is 54.1 Å². The number of fused-ring (bicyclic) bond motifs is 5. The SMILES string of the molecule is CC(=O)C(=O)[C@H](C)CC(=O)[C@@H]1Cc2ccc(O)c(c2)-c2cc(ccc2O)[C@H](N(C)C(=O)[C@H](CCCCN)CC(=O)c2ccc(-c3ccc(Cl)cc3)cc2)C(=O)C[C@@H](C)C(=O)N1. The number of nitrogens with zero attached hydrogens (tertiary/aromatic N) is 1. The molecule has 4 aromatic rings. The van der Waals surface area contributed by atoms with Crippen LogP contribution in [0.15, 0.2) is 84.9 Å². The second-order valence-electron chi connectivity index (χ2n) is 16.0. The molecule has 12 nitrogen and oxygen atoms in total. The Balaban J connectivity index is 1.49. The molecule has 0 radical (unpaired) electrons. The van der Waals surface area contributed by atoms with Crippen LogP contribution in [0.3, 0.4) is 0 Å². The Bertz CT molecular complexity index is 2310. The number of phenols is 2. The predicted molar refractivity (Wildman–Crippen MR) is 232 cm³/mol. The summed E-state index contributed by atoms with van der Waals surface area (Å²) in [7, 11) is 1.46. The van der Waals surface area contributed by atoms with Gasteiger partial charge >= 0.3 is 0 Å². The molecule has 5 rings (SSSR count). The molecule has 2 amide bonds. The van der Waals surface area contributed by atoms with E-state index >= 15 is 0 Å². The van der Waals surface area contributed by atoms with Crippen molar-refractivity contribution in [3.8, 4) is 33.8 Å². The van der Waals surface area contributed by atoms with Gasteiger partial charge in [-0.1, -0.05) is 80.4 Å². The van der Waals surface area contributed by atoms with Crippen molar-refractivity contribution in [3.63, 3.8) is 0 Å². The zero-order chi connectivity index (χ0) is 44.5. The van der Waals surface area contributed by atoms with Crippen molar-refractivity contribution in [1.29, 1.82) is 0 Å². The maximum absolute atomic E-state index is 14.6. The minimum absolute atomic E-state index is 0.0590. The number of benzene rings is 4. The molecule has 5 atom stereocenters. The Kier molecular flexibility index (Phi) is 15.5. The lowest BCUT2D eigenvalue weighted by atomic mass is 9.87. The van der Waals surface area contributed by atoms with Crippen LogP contribution in [0.1, 0.15) is 86.8 Å². The number of halogens is 1. The minimum Gasteiger partial charge on any atom is -0.507 e. The molecule has 0 fully saturated rings. The summed E-state index contributed by atoms with van der Waals surface area (Å²) in [6.45, 7) is 4.48. The van der Waals surface area contributed by atoms with E-state index in [0.29, 0.717) is 47.5 Å². The van der Waals surface area contributed by atoms with Gasteiger partial charge in [-0.3, -0.25) is 33.6 Å². The third-order valence-electron chi connectivity index (χ3n) is 11.3. The lowest BCUT2D eigenvalue weighted by molar-refractivity contribution is -0.142. The summed E-state index contributed by atoms with van der Waals surface area (Å²) in [5, 5.41) is 25.5. The van der Waals surface area contributed by atoms with E-state index in [1.165, 1.54) is 50.1 Å². The van der Waals surface area contributed by atoms with Crippen molar-refractivity contribution >= 4 is 52.3 Å². The molecule has 0 aromatic heterocycles. The van der Waals surface area contributed by atoms with E-state index in [1.54, 1.807) is 36.4 Å². The molecule has 0 aliphatic carbocycles. The van der Waals surface area contributed by atoms with E-state index in [0.717, 1.165) is 18.1 Å². The first-order valence-corrected chi connectivity index (χ1v) is 20.8. The molecule has 13 heteroatoms. The van der Waals surface area contributed by atoms with Gasteiger partial charge in [-0.05, 0) is 84.5 Å². The van der Waals surface area contributed by atoms with Crippen LogP contribution in [0.4, 0.5) is 0 Å². The fraction of sp³-hybridized carbons (Fsp3) is 0.354. The van der Waals surface area contributed by atoms with E-state index in [2.05, 4.69) is 5.32 Å². The highest BCUT2D eigenvalue weighted by atomic mass is 35.5. The number of ketones is 5. The Labute approximate surface area is 360 Å². The first kappa shape index (κ1) is 46.1. The summed E-state index contributed by atoms with van der Waals surface area (Å²) in [4.78, 5) is 95.8. The second kappa shape index (κ2) is 20.5. The minimum atomic E-state index is -1.29. The Morgan fingerprint density at radius 2 is 1.44 bits per heavy atom. The number of nitrogens with two attached hydrogens (primary N) is 1. The summed E-state index contributed by atoms with van der Waals surface area (Å²) in [5.74, 6) is -7.07. The summed E-state index contributed by atoms with van der Waals surface area (Å²) in [5.41, 5.74) is 9.10. The Morgan fingerprint density at radius 1 is 0.836 bits per heavy atom. The van der Waals surface area contributed by atoms with Crippen LogP contribution in [0.25, 0.3) is 22.3 Å². The number of likely N-dealkylation sites (N-methyl/N-ethyl adjacent to an activating group) is 1. The number of aromatic hydroxyl groups is 2. The number of amides is 2. The predicted octanol–water partition coefficient (Wildman–Crippen LogP) is 6.99. The van der Waals surface area contributed by atoms with Crippen LogP contribution in [-0.4, -0.2) is 75.5 Å². The van der Waals surface area contributed by atoms with Crippen LogP contribution >= 0.6 is 11.6 Å². The maximum Gasteiger partial charge on any atom is 0.226 e. The summed E-state index contributed by atoms with van der Waals surface area (Å²) in [6.07, 6.45) is 0.548. The van der Waals surface area contributed by atoms with E-state index < -0.39 is 64.8 Å². The highest BCUT2D eigenvalue weighted by molar-refractivity contribution is 6.37. The lowest BCUT2D eigenvalue weighted by Crippen LogP contribution is -2.46. The van der Waals surface area contributed by atoms with Crippen LogP contribution in [0, 0.1) is 17.8 Å². The normalized spacial score (nSPS) is 17.6. The van der Waals surface area contributed by atoms with E-state index in [4.69, 9.17) is 17.3 Å². The molecule has 1 aliphatic heterocycles. The van der Waals surface area contributed by atoms with Gasteiger partial charge in [-0.15, -0.1) is 0 Å². The first-order chi connectivity index (χ1) is 29.0. The van der Waals surface area contributed by atoms with Crippen molar-refractivity contribution in [2.45, 2.75) is 77.8 Å². The fourth-order valence-corrected chi connectivity index (χ4v) is 7.90. The third kappa shape index (κ3) is 11.4. The summed E-state index contributed by atoms with van der Waals surface area (Å²) in [6, 6.07) is 20.7. The lowest BCUT2D eigenvalue weighted by Gasteiger charge is -2.32. The van der Waals surface area contributed by atoms with Crippen molar-refractivity contribution in [2.24, 2.45) is 23.5 Å². The van der Waals surface area contributed by atoms with E-state index in [9.17, 15) is 43.8 Å². The number of phenolic OH excluding ortho intramolecular Hbond substituents is 2. The number of unbranched alkanes of at least 4 members (excludes halogenated alkanes) is 1. The average molecular weight is 850 g/mol. The third-order valence-corrected chi connectivity index (χ3v) is 11.6. The average Bonchev–Trinajstić information content (AvgIpc) is 3.23. The van der Waals surface area contributed by atoms with Crippen LogP contribution in [0.2, 0.25) is 5.02 Å². The monoisotopic (exact) mass is 849 g/mol. The second-order valence-corrected chi connectivity index (χ2v) is 16.4. The molecule has 1 aliphatic rings. The maximum atomic E-state index is 14.6. The molecule has 5 N–H and O–H groups in total. The molecule has 4 bridgehead atoms. The summed E-state index contributed by atoms with van der Waals surface area (Å²) >= 11 is 6.05. The summed E-state index contributed by atoms with van der Waals surface area (Å²) < 4.78 is 0. The molecular formula is C48H52ClN3O9. The number of hydrogen-bond acceptors (Lipinski definition) is 10. The standard InChI is InChI=1S/C48H52ClN3O9/c1-27(46(59)29(3)53)21-43(57)39-24-30-8-18-40(54)37(23-30)38-25-34(15-19-41(38)55)45(44(58)22-28(2)47(60)51-39)52(4)48(61)35(7-5-6-20-50)26-42(56)33-11-9-31(10-12-33)32-13-16-36(49)17-14-32/h8-19,23,25,27-28,35,39,45,54-55H,5-7,20-22,24,26,50H2,1-4H3,(H,51,60)/t27-,28-,35-,39+,45+/m1/s1. The zero-order valence-electron chi connectivity index (χ0n) is 34.8. The van der Waals surface area contributed by atoms with Gasteiger partial charge in [0.05, 0.1) is 6.04 Å². The van der Waals surface area contributed by atoms with Crippen LogP contribution < -0.4 is 11.1 Å². The number of nitrogens with one attached hydrogen (secondary N) is 1. The Morgan fingerprint density at radius 3 is 2.07 bits per heavy atom. The van der Waals surface area contributed by atoms with Gasteiger partial charge in [-0.25, -0.2) is 0 Å². The molecule has 4 aromatic carbocycles. The number of carbonyl (C=O) groups excluding carboxylic acids is 7. The van der Waals surface area contributed by atoms with Crippen LogP contribution in [-0.2, 0) is 35.2 Å². The number of carbonyl (C=O) groups is 7. The van der Waals surface area contributed by atoms with Gasteiger partial charge < -0.3 is 26.2 Å². The van der Waals surface area contributed by atoms with Crippen molar-refractivity contribution in [3.05, 3.63) is 107 Å². The van der Waals surface area contributed by atoms with Crippen molar-refractivity contribution in [2.75, 3.05) is 13.6 Å².